The number of imidazole rings is 1. The van der Waals surface area contributed by atoms with Crippen LogP contribution in [0.4, 0.5) is 4.39 Å². The van der Waals surface area contributed by atoms with Gasteiger partial charge >= 0.3 is 0 Å². The fraction of sp³-hybridized carbons (Fsp3) is 0.355. The van der Waals surface area contributed by atoms with Crippen LogP contribution in [0.15, 0.2) is 72.8 Å². The summed E-state index contributed by atoms with van der Waals surface area (Å²) in [6, 6.07) is 22.2. The monoisotopic (exact) mass is 501 g/mol. The van der Waals surface area contributed by atoms with Crippen molar-refractivity contribution in [3.63, 3.8) is 0 Å². The minimum atomic E-state index is -0.341. The Hall–Kier alpha value is -3.67. The molecule has 4 rings (SSSR count). The summed E-state index contributed by atoms with van der Waals surface area (Å²) in [4.78, 5) is 17.1. The number of halogens is 1. The Bertz CT molecular complexity index is 1300. The van der Waals surface area contributed by atoms with Crippen molar-refractivity contribution in [2.24, 2.45) is 0 Å². The van der Waals surface area contributed by atoms with Gasteiger partial charge in [-0.05, 0) is 73.2 Å². The number of nitrogens with one attached hydrogen (secondary N) is 1. The van der Waals surface area contributed by atoms with Gasteiger partial charge in [-0.25, -0.2) is 9.37 Å². The van der Waals surface area contributed by atoms with Gasteiger partial charge in [-0.15, -0.1) is 0 Å². The summed E-state index contributed by atoms with van der Waals surface area (Å²) in [6.07, 6.45) is 4.65. The van der Waals surface area contributed by atoms with Gasteiger partial charge in [0.05, 0.1) is 17.6 Å². The average molecular weight is 502 g/mol. The number of benzene rings is 3. The number of fused-ring (bicyclic) bond motifs is 1. The third-order valence-electron chi connectivity index (χ3n) is 6.53. The quantitative estimate of drug-likeness (QED) is 0.203. The fourth-order valence-corrected chi connectivity index (χ4v) is 4.55. The largest absolute Gasteiger partial charge is 0.493 e. The zero-order chi connectivity index (χ0) is 26.0. The summed E-state index contributed by atoms with van der Waals surface area (Å²) >= 11 is 0. The molecule has 3 aromatic carbocycles. The van der Waals surface area contributed by atoms with Gasteiger partial charge in [0.15, 0.2) is 0 Å². The Morgan fingerprint density at radius 2 is 1.70 bits per heavy atom. The third-order valence-corrected chi connectivity index (χ3v) is 6.53. The Morgan fingerprint density at radius 3 is 2.51 bits per heavy atom. The first-order valence-electron chi connectivity index (χ1n) is 13.2. The maximum absolute atomic E-state index is 13.0. The van der Waals surface area contributed by atoms with Crippen LogP contribution in [0.1, 0.15) is 67.2 Å². The molecular weight excluding hydrogens is 465 g/mol. The zero-order valence-corrected chi connectivity index (χ0v) is 21.8. The number of ether oxygens (including phenoxy) is 1. The van der Waals surface area contributed by atoms with Gasteiger partial charge in [-0.1, -0.05) is 50.6 Å². The van der Waals surface area contributed by atoms with E-state index in [1.54, 1.807) is 0 Å². The lowest BCUT2D eigenvalue weighted by atomic mass is 10.0. The second kappa shape index (κ2) is 13.0. The van der Waals surface area contributed by atoms with Crippen LogP contribution in [-0.4, -0.2) is 28.6 Å². The molecule has 0 aliphatic heterocycles. The summed E-state index contributed by atoms with van der Waals surface area (Å²) in [5.74, 6) is 1.99. The molecule has 0 saturated carbocycles. The van der Waals surface area contributed by atoms with E-state index in [4.69, 9.17) is 9.72 Å². The summed E-state index contributed by atoms with van der Waals surface area (Å²) < 4.78 is 21.5. The SMILES string of the molecule is CC(C)c1ccccc1OCCCn1c(CCCCCNC(=O)c2ccc(F)cc2)nc2ccccc21. The van der Waals surface area contributed by atoms with Gasteiger partial charge in [0, 0.05) is 25.1 Å². The van der Waals surface area contributed by atoms with Crippen LogP contribution in [0.5, 0.6) is 5.75 Å². The first-order valence-corrected chi connectivity index (χ1v) is 13.2. The van der Waals surface area contributed by atoms with Crippen molar-refractivity contribution in [1.29, 1.82) is 0 Å². The fourth-order valence-electron chi connectivity index (χ4n) is 4.55. The Balaban J connectivity index is 1.26. The van der Waals surface area contributed by atoms with Gasteiger partial charge < -0.3 is 14.6 Å². The van der Waals surface area contributed by atoms with Crippen LogP contribution < -0.4 is 10.1 Å². The molecular formula is C31H36FN3O2. The van der Waals surface area contributed by atoms with Gasteiger partial charge in [0.2, 0.25) is 0 Å². The number of amides is 1. The molecule has 0 aliphatic rings. The van der Waals surface area contributed by atoms with Gasteiger partial charge in [0.25, 0.3) is 5.91 Å². The van der Waals surface area contributed by atoms with E-state index >= 15 is 0 Å². The standard InChI is InChI=1S/C31H36FN3O2/c1-23(2)26-11-5-8-14-29(26)37-22-10-21-35-28-13-7-6-12-27(28)34-30(35)15-4-3-9-20-33-31(36)24-16-18-25(32)19-17-24/h5-8,11-14,16-19,23H,3-4,9-10,15,20-22H2,1-2H3,(H,33,36). The number of carbonyl (C=O) groups excluding carboxylic acids is 1. The van der Waals surface area contributed by atoms with Crippen LogP contribution in [0.3, 0.4) is 0 Å². The highest BCUT2D eigenvalue weighted by Gasteiger charge is 2.11. The van der Waals surface area contributed by atoms with Crippen molar-refractivity contribution in [2.45, 2.75) is 58.4 Å². The maximum Gasteiger partial charge on any atom is 0.251 e. The Morgan fingerprint density at radius 1 is 0.946 bits per heavy atom. The highest BCUT2D eigenvalue weighted by atomic mass is 19.1. The number of unbranched alkanes of at least 4 members (excludes halogenated alkanes) is 2. The number of aromatic nitrogens is 2. The van der Waals surface area contributed by atoms with Crippen LogP contribution in [-0.2, 0) is 13.0 Å². The zero-order valence-electron chi connectivity index (χ0n) is 21.8. The molecule has 1 amide bonds. The summed E-state index contributed by atoms with van der Waals surface area (Å²) in [5, 5.41) is 2.91. The van der Waals surface area contributed by atoms with E-state index < -0.39 is 0 Å². The van der Waals surface area contributed by atoms with Crippen molar-refractivity contribution in [2.75, 3.05) is 13.2 Å². The smallest absolute Gasteiger partial charge is 0.251 e. The molecule has 0 unspecified atom stereocenters. The van der Waals surface area contributed by atoms with Crippen LogP contribution in [0.2, 0.25) is 0 Å². The average Bonchev–Trinajstić information content (AvgIpc) is 3.26. The number of hydrogen-bond acceptors (Lipinski definition) is 3. The highest BCUT2D eigenvalue weighted by Crippen LogP contribution is 2.26. The summed E-state index contributed by atoms with van der Waals surface area (Å²) in [7, 11) is 0. The van der Waals surface area contributed by atoms with E-state index in [1.165, 1.54) is 29.8 Å². The van der Waals surface area contributed by atoms with E-state index in [9.17, 15) is 9.18 Å². The number of carbonyl (C=O) groups is 1. The second-order valence-corrected chi connectivity index (χ2v) is 9.64. The molecule has 0 radical (unpaired) electrons. The lowest BCUT2D eigenvalue weighted by Gasteiger charge is -2.14. The lowest BCUT2D eigenvalue weighted by molar-refractivity contribution is 0.0953. The molecule has 1 heterocycles. The molecule has 0 fully saturated rings. The summed E-state index contributed by atoms with van der Waals surface area (Å²) in [5.41, 5.74) is 3.90. The molecule has 1 N–H and O–H groups in total. The number of hydrogen-bond donors (Lipinski definition) is 1. The number of aryl methyl sites for hydroxylation is 2. The van der Waals surface area contributed by atoms with Crippen molar-refractivity contribution in [1.82, 2.24) is 14.9 Å². The molecule has 0 spiro atoms. The van der Waals surface area contributed by atoms with E-state index in [0.29, 0.717) is 24.6 Å². The molecule has 37 heavy (non-hydrogen) atoms. The molecule has 0 aliphatic carbocycles. The van der Waals surface area contributed by atoms with Gasteiger partial charge in [-0.2, -0.15) is 0 Å². The maximum atomic E-state index is 13.0. The van der Waals surface area contributed by atoms with E-state index in [-0.39, 0.29) is 11.7 Å². The molecule has 194 valence electrons. The number of rotatable bonds is 13. The third kappa shape index (κ3) is 7.19. The highest BCUT2D eigenvalue weighted by molar-refractivity contribution is 5.94. The van der Waals surface area contributed by atoms with E-state index in [2.05, 4.69) is 60.1 Å². The molecule has 4 aromatic rings. The molecule has 0 atom stereocenters. The number of para-hydroxylation sites is 3. The minimum Gasteiger partial charge on any atom is -0.493 e. The van der Waals surface area contributed by atoms with Crippen LogP contribution in [0, 0.1) is 5.82 Å². The van der Waals surface area contributed by atoms with Crippen molar-refractivity contribution < 1.29 is 13.9 Å². The first kappa shape index (κ1) is 26.4. The van der Waals surface area contributed by atoms with Gasteiger partial charge in [-0.3, -0.25) is 4.79 Å². The molecule has 5 nitrogen and oxygen atoms in total. The van der Waals surface area contributed by atoms with Crippen molar-refractivity contribution in [3.8, 4) is 5.75 Å². The predicted molar refractivity (Wildman–Crippen MR) is 147 cm³/mol. The Kier molecular flexibility index (Phi) is 9.30. The van der Waals surface area contributed by atoms with Gasteiger partial charge in [0.1, 0.15) is 17.4 Å². The predicted octanol–water partition coefficient (Wildman–Crippen LogP) is 6.91. The topological polar surface area (TPSA) is 56.1 Å². The first-order chi connectivity index (χ1) is 18.0. The van der Waals surface area contributed by atoms with Crippen molar-refractivity contribution >= 4 is 16.9 Å². The minimum absolute atomic E-state index is 0.167. The lowest BCUT2D eigenvalue weighted by Crippen LogP contribution is -2.24. The van der Waals surface area contributed by atoms with E-state index in [0.717, 1.165) is 61.3 Å². The second-order valence-electron chi connectivity index (χ2n) is 9.64. The Labute approximate surface area is 218 Å². The number of nitrogens with zero attached hydrogens (tertiary/aromatic N) is 2. The molecule has 0 saturated heterocycles. The molecule has 1 aromatic heterocycles. The van der Waals surface area contributed by atoms with Crippen LogP contribution >= 0.6 is 0 Å². The normalized spacial score (nSPS) is 11.2. The molecule has 0 bridgehead atoms. The van der Waals surface area contributed by atoms with Crippen molar-refractivity contribution in [3.05, 3.63) is 95.6 Å². The summed E-state index contributed by atoms with van der Waals surface area (Å²) in [6.45, 7) is 6.48. The van der Waals surface area contributed by atoms with E-state index in [1.807, 2.05) is 12.1 Å². The van der Waals surface area contributed by atoms with Crippen LogP contribution in [0.25, 0.3) is 11.0 Å². The molecule has 6 heteroatoms.